The highest BCUT2D eigenvalue weighted by Gasteiger charge is 2.28. The molecule has 0 aromatic carbocycles. The number of carbonyl (C=O) groups excluding carboxylic acids is 3. The van der Waals surface area contributed by atoms with Gasteiger partial charge in [0, 0.05) is 13.0 Å². The van der Waals surface area contributed by atoms with Crippen LogP contribution < -0.4 is 5.32 Å². The van der Waals surface area contributed by atoms with Crippen LogP contribution >= 0.6 is 0 Å². The fourth-order valence-electron chi connectivity index (χ4n) is 1.73. The van der Waals surface area contributed by atoms with E-state index in [1.807, 2.05) is 0 Å². The van der Waals surface area contributed by atoms with E-state index in [1.54, 1.807) is 0 Å². The van der Waals surface area contributed by atoms with Crippen molar-refractivity contribution >= 4 is 18.0 Å². The number of aldehydes is 1. The van der Waals surface area contributed by atoms with Crippen LogP contribution in [0.1, 0.15) is 25.7 Å². The SMILES string of the molecule is O=CCCC1CCNC(=O)CC(=O)C1O. The van der Waals surface area contributed by atoms with Gasteiger partial charge in [-0.15, -0.1) is 0 Å². The molecule has 2 atom stereocenters. The van der Waals surface area contributed by atoms with Crippen LogP contribution in [0.2, 0.25) is 0 Å². The minimum Gasteiger partial charge on any atom is -0.385 e. The minimum atomic E-state index is -1.10. The maximum absolute atomic E-state index is 11.4. The van der Waals surface area contributed by atoms with Gasteiger partial charge in [0.1, 0.15) is 12.4 Å². The van der Waals surface area contributed by atoms with Crippen molar-refractivity contribution in [2.75, 3.05) is 6.54 Å². The number of hydrogen-bond acceptors (Lipinski definition) is 4. The summed E-state index contributed by atoms with van der Waals surface area (Å²) in [7, 11) is 0. The maximum atomic E-state index is 11.4. The molecule has 84 valence electrons. The number of Topliss-reactive ketones (excluding diaryl/α,β-unsaturated/α-hetero) is 1. The Hall–Kier alpha value is -1.23. The summed E-state index contributed by atoms with van der Waals surface area (Å²) in [5.74, 6) is -1.01. The molecule has 0 radical (unpaired) electrons. The van der Waals surface area contributed by atoms with Crippen molar-refractivity contribution in [3.63, 3.8) is 0 Å². The van der Waals surface area contributed by atoms with Crippen molar-refractivity contribution in [2.24, 2.45) is 5.92 Å². The highest BCUT2D eigenvalue weighted by atomic mass is 16.3. The second-order valence-corrected chi connectivity index (χ2v) is 3.73. The number of ketones is 1. The molecule has 1 rings (SSSR count). The molecule has 1 aliphatic rings. The zero-order valence-corrected chi connectivity index (χ0v) is 8.44. The van der Waals surface area contributed by atoms with Gasteiger partial charge >= 0.3 is 0 Å². The summed E-state index contributed by atoms with van der Waals surface area (Å²) in [5.41, 5.74) is 0. The Morgan fingerprint density at radius 2 is 2.20 bits per heavy atom. The van der Waals surface area contributed by atoms with Gasteiger partial charge in [0.15, 0.2) is 5.78 Å². The Morgan fingerprint density at radius 3 is 2.87 bits per heavy atom. The summed E-state index contributed by atoms with van der Waals surface area (Å²) in [6.45, 7) is 0.451. The first kappa shape index (κ1) is 11.8. The Kier molecular flexibility index (Phi) is 4.42. The molecule has 1 aliphatic heterocycles. The quantitative estimate of drug-likeness (QED) is 0.485. The van der Waals surface area contributed by atoms with Gasteiger partial charge in [-0.1, -0.05) is 0 Å². The molecule has 0 aromatic heterocycles. The van der Waals surface area contributed by atoms with Crippen molar-refractivity contribution in [3.8, 4) is 0 Å². The van der Waals surface area contributed by atoms with Crippen LogP contribution in [0, 0.1) is 5.92 Å². The lowest BCUT2D eigenvalue weighted by molar-refractivity contribution is -0.136. The lowest BCUT2D eigenvalue weighted by Crippen LogP contribution is -2.40. The Labute approximate surface area is 87.8 Å². The first-order valence-electron chi connectivity index (χ1n) is 5.06. The summed E-state index contributed by atoms with van der Waals surface area (Å²) in [5, 5.41) is 12.2. The third kappa shape index (κ3) is 3.43. The Bertz CT molecular complexity index is 264. The summed E-state index contributed by atoms with van der Waals surface area (Å²) in [6.07, 6.45) is 0.769. The van der Waals surface area contributed by atoms with E-state index in [-0.39, 0.29) is 18.2 Å². The van der Waals surface area contributed by atoms with Crippen LogP contribution in [0.4, 0.5) is 0 Å². The van der Waals surface area contributed by atoms with E-state index in [2.05, 4.69) is 5.32 Å². The summed E-state index contributed by atoms with van der Waals surface area (Å²) in [4.78, 5) is 32.6. The van der Waals surface area contributed by atoms with Gasteiger partial charge in [0.05, 0.1) is 6.42 Å². The number of hydrogen-bond donors (Lipinski definition) is 2. The molecule has 5 nitrogen and oxygen atoms in total. The van der Waals surface area contributed by atoms with Gasteiger partial charge in [-0.05, 0) is 18.8 Å². The van der Waals surface area contributed by atoms with Crippen molar-refractivity contribution < 1.29 is 19.5 Å². The third-order valence-electron chi connectivity index (χ3n) is 2.60. The van der Waals surface area contributed by atoms with Gasteiger partial charge in [-0.2, -0.15) is 0 Å². The Morgan fingerprint density at radius 1 is 1.47 bits per heavy atom. The van der Waals surface area contributed by atoms with E-state index in [0.717, 1.165) is 6.29 Å². The molecule has 1 saturated heterocycles. The van der Waals surface area contributed by atoms with E-state index in [1.165, 1.54) is 0 Å². The number of aliphatic hydroxyl groups is 1. The molecule has 0 bridgehead atoms. The summed E-state index contributed by atoms with van der Waals surface area (Å²) in [6, 6.07) is 0. The zero-order chi connectivity index (χ0) is 11.3. The molecule has 1 heterocycles. The predicted octanol–water partition coefficient (Wildman–Crippen LogP) is -0.578. The van der Waals surface area contributed by atoms with E-state index in [0.29, 0.717) is 25.8 Å². The predicted molar refractivity (Wildman–Crippen MR) is 52.0 cm³/mol. The first-order valence-corrected chi connectivity index (χ1v) is 5.06. The van der Waals surface area contributed by atoms with Gasteiger partial charge < -0.3 is 15.2 Å². The smallest absolute Gasteiger partial charge is 0.227 e. The van der Waals surface area contributed by atoms with Crippen LogP contribution in [0.25, 0.3) is 0 Å². The lowest BCUT2D eigenvalue weighted by atomic mass is 9.89. The monoisotopic (exact) mass is 213 g/mol. The second kappa shape index (κ2) is 5.60. The molecule has 2 unspecified atom stereocenters. The number of amides is 1. The molecule has 0 aliphatic carbocycles. The average molecular weight is 213 g/mol. The molecular weight excluding hydrogens is 198 g/mol. The average Bonchev–Trinajstić information content (AvgIpc) is 2.20. The minimum absolute atomic E-state index is 0.219. The highest BCUT2D eigenvalue weighted by molar-refractivity contribution is 6.00. The van der Waals surface area contributed by atoms with E-state index in [4.69, 9.17) is 0 Å². The largest absolute Gasteiger partial charge is 0.385 e. The van der Waals surface area contributed by atoms with Crippen LogP contribution in [-0.4, -0.2) is 35.7 Å². The van der Waals surface area contributed by atoms with Crippen LogP contribution in [0.3, 0.4) is 0 Å². The van der Waals surface area contributed by atoms with Crippen molar-refractivity contribution in [3.05, 3.63) is 0 Å². The van der Waals surface area contributed by atoms with Crippen LogP contribution in [0.15, 0.2) is 0 Å². The van der Waals surface area contributed by atoms with Gasteiger partial charge in [0.2, 0.25) is 5.91 Å². The standard InChI is InChI=1S/C10H15NO4/c12-5-1-2-7-3-4-11-9(14)6-8(13)10(7)15/h5,7,10,15H,1-4,6H2,(H,11,14). The molecule has 0 aromatic rings. The van der Waals surface area contributed by atoms with Crippen LogP contribution in [-0.2, 0) is 14.4 Å². The molecular formula is C10H15NO4. The van der Waals surface area contributed by atoms with E-state index < -0.39 is 11.9 Å². The third-order valence-corrected chi connectivity index (χ3v) is 2.60. The van der Waals surface area contributed by atoms with Crippen molar-refractivity contribution in [2.45, 2.75) is 31.8 Å². The lowest BCUT2D eigenvalue weighted by Gasteiger charge is -2.23. The normalized spacial score (nSPS) is 27.8. The fraction of sp³-hybridized carbons (Fsp3) is 0.700. The molecule has 1 fully saturated rings. The van der Waals surface area contributed by atoms with Crippen molar-refractivity contribution in [1.29, 1.82) is 0 Å². The van der Waals surface area contributed by atoms with E-state index in [9.17, 15) is 19.5 Å². The highest BCUT2D eigenvalue weighted by Crippen LogP contribution is 2.18. The number of nitrogens with one attached hydrogen (secondary N) is 1. The van der Waals surface area contributed by atoms with Crippen LogP contribution in [0.5, 0.6) is 0 Å². The maximum Gasteiger partial charge on any atom is 0.227 e. The Balaban J connectivity index is 2.58. The van der Waals surface area contributed by atoms with Crippen molar-refractivity contribution in [1.82, 2.24) is 5.32 Å². The summed E-state index contributed by atoms with van der Waals surface area (Å²) >= 11 is 0. The summed E-state index contributed by atoms with van der Waals surface area (Å²) < 4.78 is 0. The number of aliphatic hydroxyl groups excluding tert-OH is 1. The molecule has 0 saturated carbocycles. The van der Waals surface area contributed by atoms with Gasteiger partial charge in [-0.3, -0.25) is 9.59 Å². The molecule has 5 heteroatoms. The molecule has 2 N–H and O–H groups in total. The van der Waals surface area contributed by atoms with Gasteiger partial charge in [0.25, 0.3) is 0 Å². The van der Waals surface area contributed by atoms with E-state index >= 15 is 0 Å². The topological polar surface area (TPSA) is 83.5 Å². The molecule has 1 amide bonds. The molecule has 0 spiro atoms. The first-order chi connectivity index (χ1) is 7.15. The zero-order valence-electron chi connectivity index (χ0n) is 8.44. The molecule has 15 heavy (non-hydrogen) atoms. The number of carbonyl (C=O) groups is 3. The fourth-order valence-corrected chi connectivity index (χ4v) is 1.73. The number of rotatable bonds is 3. The van der Waals surface area contributed by atoms with Gasteiger partial charge in [-0.25, -0.2) is 0 Å². The second-order valence-electron chi connectivity index (χ2n) is 3.73.